The van der Waals surface area contributed by atoms with Crippen LogP contribution in [0.5, 0.6) is 0 Å². The van der Waals surface area contributed by atoms with E-state index in [1.165, 1.54) is 11.8 Å². The number of aliphatic carboxylic acids is 2. The third kappa shape index (κ3) is 7.13. The largest absolute Gasteiger partial charge is 0.480 e. The summed E-state index contributed by atoms with van der Waals surface area (Å²) < 4.78 is 0. The summed E-state index contributed by atoms with van der Waals surface area (Å²) in [5, 5.41) is 19.7. The average molecular weight is 278 g/mol. The SMILES string of the molecule is CCSCC(NC(=O)CCC(N)C(=O)O)C(=O)O. The minimum Gasteiger partial charge on any atom is -0.480 e. The molecule has 5 N–H and O–H groups in total. The van der Waals surface area contributed by atoms with Gasteiger partial charge in [-0.3, -0.25) is 9.59 Å². The zero-order valence-electron chi connectivity index (χ0n) is 10.1. The number of nitrogens with one attached hydrogen (secondary N) is 1. The van der Waals surface area contributed by atoms with Crippen molar-refractivity contribution < 1.29 is 24.6 Å². The Bertz CT molecular complexity index is 311. The van der Waals surface area contributed by atoms with Crippen molar-refractivity contribution in [2.45, 2.75) is 31.8 Å². The van der Waals surface area contributed by atoms with Gasteiger partial charge in [-0.15, -0.1) is 0 Å². The molecule has 0 aliphatic rings. The molecule has 104 valence electrons. The van der Waals surface area contributed by atoms with Crippen LogP contribution in [0.3, 0.4) is 0 Å². The number of amides is 1. The molecule has 0 aliphatic carbocycles. The lowest BCUT2D eigenvalue weighted by Crippen LogP contribution is -2.43. The Balaban J connectivity index is 4.09. The van der Waals surface area contributed by atoms with Crippen molar-refractivity contribution >= 4 is 29.6 Å². The Morgan fingerprint density at radius 3 is 2.33 bits per heavy atom. The maximum Gasteiger partial charge on any atom is 0.327 e. The predicted octanol–water partition coefficient (Wildman–Crippen LogP) is -0.499. The van der Waals surface area contributed by atoms with Gasteiger partial charge in [-0.25, -0.2) is 4.79 Å². The maximum atomic E-state index is 11.4. The number of carboxylic acid groups (broad SMARTS) is 2. The van der Waals surface area contributed by atoms with Crippen LogP contribution in [0.2, 0.25) is 0 Å². The van der Waals surface area contributed by atoms with E-state index in [0.717, 1.165) is 5.75 Å². The normalized spacial score (nSPS) is 13.7. The third-order valence-corrected chi connectivity index (χ3v) is 3.10. The fraction of sp³-hybridized carbons (Fsp3) is 0.700. The average Bonchev–Trinajstić information content (AvgIpc) is 2.30. The first kappa shape index (κ1) is 16.7. The molecule has 7 nitrogen and oxygen atoms in total. The number of rotatable bonds is 9. The monoisotopic (exact) mass is 278 g/mol. The summed E-state index contributed by atoms with van der Waals surface area (Å²) in [4.78, 5) is 32.7. The second-order valence-electron chi connectivity index (χ2n) is 3.60. The first-order chi connectivity index (χ1) is 8.38. The molecule has 0 rings (SSSR count). The van der Waals surface area contributed by atoms with E-state index in [-0.39, 0.29) is 18.6 Å². The Morgan fingerprint density at radius 2 is 1.89 bits per heavy atom. The van der Waals surface area contributed by atoms with Gasteiger partial charge in [0.25, 0.3) is 0 Å². The standard InChI is InChI=1S/C10H18N2O5S/c1-2-18-5-7(10(16)17)12-8(13)4-3-6(11)9(14)15/h6-7H,2-5,11H2,1H3,(H,12,13)(H,14,15)(H,16,17). The number of thioether (sulfide) groups is 1. The number of carbonyl (C=O) groups is 3. The van der Waals surface area contributed by atoms with E-state index >= 15 is 0 Å². The van der Waals surface area contributed by atoms with E-state index in [4.69, 9.17) is 15.9 Å². The summed E-state index contributed by atoms with van der Waals surface area (Å²) >= 11 is 1.40. The van der Waals surface area contributed by atoms with Crippen molar-refractivity contribution in [1.29, 1.82) is 0 Å². The lowest BCUT2D eigenvalue weighted by molar-refractivity contribution is -0.141. The van der Waals surface area contributed by atoms with Crippen molar-refractivity contribution in [1.82, 2.24) is 5.32 Å². The highest BCUT2D eigenvalue weighted by Crippen LogP contribution is 2.03. The molecule has 0 heterocycles. The molecule has 1 amide bonds. The van der Waals surface area contributed by atoms with E-state index in [1.54, 1.807) is 0 Å². The number of nitrogens with two attached hydrogens (primary N) is 1. The number of hydrogen-bond donors (Lipinski definition) is 4. The van der Waals surface area contributed by atoms with E-state index in [0.29, 0.717) is 0 Å². The number of hydrogen-bond acceptors (Lipinski definition) is 5. The van der Waals surface area contributed by atoms with Crippen molar-refractivity contribution in [2.24, 2.45) is 5.73 Å². The molecule has 0 fully saturated rings. The van der Waals surface area contributed by atoms with Crippen LogP contribution in [0, 0.1) is 0 Å². The zero-order valence-corrected chi connectivity index (χ0v) is 10.9. The molecule has 0 aromatic carbocycles. The lowest BCUT2D eigenvalue weighted by atomic mass is 10.1. The van der Waals surface area contributed by atoms with Crippen LogP contribution in [-0.4, -0.2) is 51.6 Å². The van der Waals surface area contributed by atoms with Gasteiger partial charge in [0.05, 0.1) is 0 Å². The Kier molecular flexibility index (Phi) is 8.14. The van der Waals surface area contributed by atoms with E-state index in [2.05, 4.69) is 5.32 Å². The van der Waals surface area contributed by atoms with Gasteiger partial charge in [-0.1, -0.05) is 6.92 Å². The first-order valence-electron chi connectivity index (χ1n) is 5.46. The van der Waals surface area contributed by atoms with Crippen LogP contribution in [-0.2, 0) is 14.4 Å². The van der Waals surface area contributed by atoms with Crippen LogP contribution in [0.15, 0.2) is 0 Å². The smallest absolute Gasteiger partial charge is 0.327 e. The van der Waals surface area contributed by atoms with E-state index in [9.17, 15) is 14.4 Å². The van der Waals surface area contributed by atoms with Gasteiger partial charge in [0.2, 0.25) is 5.91 Å². The number of carbonyl (C=O) groups excluding carboxylic acids is 1. The highest BCUT2D eigenvalue weighted by atomic mass is 32.2. The van der Waals surface area contributed by atoms with Crippen molar-refractivity contribution in [3.8, 4) is 0 Å². The second kappa shape index (κ2) is 8.76. The van der Waals surface area contributed by atoms with Crippen LogP contribution < -0.4 is 11.1 Å². The highest BCUT2D eigenvalue weighted by molar-refractivity contribution is 7.99. The summed E-state index contributed by atoms with van der Waals surface area (Å²) in [5.74, 6) is -1.76. The molecule has 0 aromatic heterocycles. The summed E-state index contributed by atoms with van der Waals surface area (Å²) in [5.41, 5.74) is 5.24. The molecule has 8 heteroatoms. The minimum atomic E-state index is -1.18. The molecule has 0 spiro atoms. The topological polar surface area (TPSA) is 130 Å². The molecular weight excluding hydrogens is 260 g/mol. The minimum absolute atomic E-state index is 0.0194. The molecule has 2 unspecified atom stereocenters. The fourth-order valence-corrected chi connectivity index (χ4v) is 1.78. The first-order valence-corrected chi connectivity index (χ1v) is 6.62. The molecule has 18 heavy (non-hydrogen) atoms. The quantitative estimate of drug-likeness (QED) is 0.447. The summed E-state index contributed by atoms with van der Waals surface area (Å²) in [6.07, 6.45) is -0.123. The fourth-order valence-electron chi connectivity index (χ4n) is 1.09. The van der Waals surface area contributed by atoms with Crippen LogP contribution in [0.1, 0.15) is 19.8 Å². The van der Waals surface area contributed by atoms with Crippen molar-refractivity contribution in [3.05, 3.63) is 0 Å². The van der Waals surface area contributed by atoms with E-state index < -0.39 is 29.9 Å². The molecule has 0 saturated carbocycles. The molecule has 0 saturated heterocycles. The summed E-state index contributed by atoms with van der Waals surface area (Å²) in [7, 11) is 0. The molecule has 0 radical (unpaired) electrons. The Hall–Kier alpha value is -1.28. The van der Waals surface area contributed by atoms with Gasteiger partial charge >= 0.3 is 11.9 Å². The lowest BCUT2D eigenvalue weighted by Gasteiger charge is -2.14. The van der Waals surface area contributed by atoms with Gasteiger partial charge in [0.1, 0.15) is 12.1 Å². The van der Waals surface area contributed by atoms with Gasteiger partial charge < -0.3 is 21.3 Å². The Labute approximate surface area is 109 Å². The maximum absolute atomic E-state index is 11.4. The predicted molar refractivity (Wildman–Crippen MR) is 67.4 cm³/mol. The van der Waals surface area contributed by atoms with Gasteiger partial charge in [0.15, 0.2) is 0 Å². The van der Waals surface area contributed by atoms with Gasteiger partial charge in [-0.05, 0) is 12.2 Å². The molecular formula is C10H18N2O5S. The molecule has 0 aliphatic heterocycles. The Morgan fingerprint density at radius 1 is 1.28 bits per heavy atom. The summed E-state index contributed by atoms with van der Waals surface area (Å²) in [6.45, 7) is 1.89. The van der Waals surface area contributed by atoms with Crippen LogP contribution in [0.4, 0.5) is 0 Å². The number of carboxylic acids is 2. The molecule has 0 bridgehead atoms. The van der Waals surface area contributed by atoms with Gasteiger partial charge in [-0.2, -0.15) is 11.8 Å². The summed E-state index contributed by atoms with van der Waals surface area (Å²) in [6, 6.07) is -2.06. The molecule has 2 atom stereocenters. The van der Waals surface area contributed by atoms with Crippen molar-refractivity contribution in [3.63, 3.8) is 0 Å². The highest BCUT2D eigenvalue weighted by Gasteiger charge is 2.20. The van der Waals surface area contributed by atoms with E-state index in [1.807, 2.05) is 6.92 Å². The second-order valence-corrected chi connectivity index (χ2v) is 4.92. The van der Waals surface area contributed by atoms with Gasteiger partial charge in [0, 0.05) is 12.2 Å². The zero-order chi connectivity index (χ0) is 14.1. The van der Waals surface area contributed by atoms with Crippen LogP contribution >= 0.6 is 11.8 Å². The molecule has 0 aromatic rings. The van der Waals surface area contributed by atoms with Crippen LogP contribution in [0.25, 0.3) is 0 Å². The van der Waals surface area contributed by atoms with Crippen molar-refractivity contribution in [2.75, 3.05) is 11.5 Å². The third-order valence-electron chi connectivity index (χ3n) is 2.12.